The van der Waals surface area contributed by atoms with E-state index in [0.717, 1.165) is 16.5 Å². The van der Waals surface area contributed by atoms with Gasteiger partial charge in [0.1, 0.15) is 17.1 Å². The summed E-state index contributed by atoms with van der Waals surface area (Å²) in [6, 6.07) is 13.7. The van der Waals surface area contributed by atoms with Crippen LogP contribution >= 0.6 is 7.75 Å². The molecular weight excluding hydrogens is 908 g/mol. The van der Waals surface area contributed by atoms with Crippen LogP contribution in [0.1, 0.15) is 77.9 Å². The monoisotopic (exact) mass is 960 g/mol. The minimum Gasteiger partial charge on any atom is -0.493 e. The lowest BCUT2D eigenvalue weighted by Crippen LogP contribution is -2.35. The van der Waals surface area contributed by atoms with Gasteiger partial charge in [-0.25, -0.2) is 14.6 Å². The zero-order valence-electron chi connectivity index (χ0n) is 38.9. The smallest absolute Gasteiger partial charge is 0.403 e. The number of carbonyl (C=O) groups is 5. The van der Waals surface area contributed by atoms with Crippen molar-refractivity contribution < 1.29 is 47.4 Å². The van der Waals surface area contributed by atoms with E-state index in [1.165, 1.54) is 16.2 Å². The molecule has 360 valence electrons. The van der Waals surface area contributed by atoms with E-state index in [2.05, 4.69) is 32.3 Å². The number of aryl methyl sites for hydroxylation is 4. The van der Waals surface area contributed by atoms with Gasteiger partial charge in [-0.2, -0.15) is 0 Å². The van der Waals surface area contributed by atoms with Crippen molar-refractivity contribution >= 4 is 71.5 Å². The van der Waals surface area contributed by atoms with Crippen molar-refractivity contribution in [2.45, 2.75) is 45.2 Å². The second kappa shape index (κ2) is 20.2. The first-order chi connectivity index (χ1) is 33.0. The fourth-order valence-corrected chi connectivity index (χ4v) is 9.16. The molecule has 20 nitrogen and oxygen atoms in total. The highest BCUT2D eigenvalue weighted by Crippen LogP contribution is 2.37. The zero-order valence-corrected chi connectivity index (χ0v) is 39.7. The summed E-state index contributed by atoms with van der Waals surface area (Å²) in [5.41, 5.74) is 5.70. The van der Waals surface area contributed by atoms with Crippen LogP contribution in [0.2, 0.25) is 0 Å². The fourth-order valence-electron chi connectivity index (χ4n) is 8.37. The number of benzene rings is 2. The van der Waals surface area contributed by atoms with Gasteiger partial charge < -0.3 is 43.6 Å². The molecule has 6 heterocycles. The van der Waals surface area contributed by atoms with Crippen molar-refractivity contribution in [3.63, 3.8) is 0 Å². The number of hydrogen-bond acceptors (Lipinski definition) is 11. The number of methoxy groups -OCH3 is 1. The van der Waals surface area contributed by atoms with Gasteiger partial charge in [-0.15, -0.1) is 0 Å². The summed E-state index contributed by atoms with van der Waals surface area (Å²) < 4.78 is 34.3. The molecule has 0 saturated carbocycles. The molecule has 1 unspecified atom stereocenters. The van der Waals surface area contributed by atoms with E-state index >= 15 is 0 Å². The number of fused-ring (bicyclic) bond motifs is 3. The van der Waals surface area contributed by atoms with E-state index in [9.17, 15) is 33.4 Å². The minimum absolute atomic E-state index is 0.0401. The molecule has 4 aromatic heterocycles. The van der Waals surface area contributed by atoms with Gasteiger partial charge in [0.15, 0.2) is 11.6 Å². The molecular formula is C48H53N10O10P. The van der Waals surface area contributed by atoms with Gasteiger partial charge in [-0.1, -0.05) is 18.2 Å². The lowest BCUT2D eigenvalue weighted by molar-refractivity contribution is -0.116. The normalized spacial score (nSPS) is 15.2. The lowest BCUT2D eigenvalue weighted by atomic mass is 10.1. The molecule has 1 fully saturated rings. The number of aromatic nitrogens is 5. The third kappa shape index (κ3) is 10.9. The molecule has 0 radical (unpaired) electrons. The first-order valence-corrected chi connectivity index (χ1v) is 23.7. The maximum absolute atomic E-state index is 13.8. The number of aliphatic imine (C=N–C) groups is 1. The Morgan fingerprint density at radius 3 is 2.52 bits per heavy atom. The van der Waals surface area contributed by atoms with Gasteiger partial charge in [0.2, 0.25) is 11.7 Å². The van der Waals surface area contributed by atoms with E-state index in [0.29, 0.717) is 64.4 Å². The van der Waals surface area contributed by atoms with Crippen LogP contribution in [0, 0.1) is 6.92 Å². The summed E-state index contributed by atoms with van der Waals surface area (Å²) in [5.74, 6) is -0.579. The molecule has 2 atom stereocenters. The predicted octanol–water partition coefficient (Wildman–Crippen LogP) is 5.86. The van der Waals surface area contributed by atoms with Gasteiger partial charge in [-0.05, 0) is 72.9 Å². The predicted molar refractivity (Wildman–Crippen MR) is 257 cm³/mol. The number of rotatable bonds is 19. The summed E-state index contributed by atoms with van der Waals surface area (Å²) in [5, 5.41) is 8.85. The first-order valence-electron chi connectivity index (χ1n) is 22.1. The molecule has 1 saturated heterocycles. The van der Waals surface area contributed by atoms with Gasteiger partial charge in [0, 0.05) is 96.6 Å². The van der Waals surface area contributed by atoms with Crippen LogP contribution in [0.25, 0.3) is 10.9 Å². The van der Waals surface area contributed by atoms with Crippen LogP contribution in [0.15, 0.2) is 90.5 Å². The molecule has 8 rings (SSSR count). The van der Waals surface area contributed by atoms with Crippen LogP contribution in [0.5, 0.6) is 5.75 Å². The average Bonchev–Trinajstić information content (AvgIpc) is 4.13. The van der Waals surface area contributed by atoms with Crippen molar-refractivity contribution in [2.24, 2.45) is 26.1 Å². The van der Waals surface area contributed by atoms with Crippen molar-refractivity contribution in [1.29, 1.82) is 0 Å². The molecule has 6 aromatic rings. The van der Waals surface area contributed by atoms with Crippen LogP contribution in [-0.2, 0) is 52.7 Å². The van der Waals surface area contributed by atoms with E-state index in [-0.39, 0.29) is 86.1 Å². The molecule has 2 aliphatic rings. The Hall–Kier alpha value is -7.22. The second-order valence-electron chi connectivity index (χ2n) is 17.1. The topological polar surface area (TPSA) is 235 Å². The molecule has 69 heavy (non-hydrogen) atoms. The fraction of sp³-hybridized carbons (Fsp3) is 0.312. The molecule has 0 aliphatic carbocycles. The summed E-state index contributed by atoms with van der Waals surface area (Å²) in [4.78, 5) is 87.6. The summed E-state index contributed by atoms with van der Waals surface area (Å²) in [6.45, 7) is 6.84. The number of ketones is 1. The van der Waals surface area contributed by atoms with Crippen LogP contribution in [0.4, 0.5) is 17.2 Å². The number of carbonyl (C=O) groups excluding carboxylic acids is 5. The number of imidazole rings is 1. The SMILES string of the molecule is C=C1C[C@H]2C=Nc3cc(OCCCC(=O)Nc4cn(C)c(C(=O)Cc5cc(C(=O)Nc6cc(C(=O)n7ccc8cc(CNP(=O)(O)OCCOC)ccc87)n(C)c6)n(C)c5)n4)c(C)cc3C(=O)N2C1. The molecule has 3 amide bonds. The summed E-state index contributed by atoms with van der Waals surface area (Å²) in [6.07, 6.45) is 9.44. The minimum atomic E-state index is -4.03. The summed E-state index contributed by atoms with van der Waals surface area (Å²) >= 11 is 0. The Bertz CT molecular complexity index is 3100. The number of anilines is 2. The van der Waals surface area contributed by atoms with Crippen LogP contribution in [-0.4, -0.2) is 108 Å². The van der Waals surface area contributed by atoms with Gasteiger partial charge in [0.05, 0.1) is 48.3 Å². The highest BCUT2D eigenvalue weighted by atomic mass is 31.2. The Morgan fingerprint density at radius 1 is 0.928 bits per heavy atom. The Balaban J connectivity index is 0.817. The lowest BCUT2D eigenvalue weighted by Gasteiger charge is -2.20. The number of Topliss-reactive ketones (excluding diaryl/α,β-unsaturated/α-hetero) is 1. The van der Waals surface area contributed by atoms with Crippen molar-refractivity contribution in [3.05, 3.63) is 125 Å². The maximum Gasteiger partial charge on any atom is 0.403 e. The Labute approximate surface area is 397 Å². The van der Waals surface area contributed by atoms with Gasteiger partial charge in [0.25, 0.3) is 17.7 Å². The standard InChI is InChI=1S/C48H53N10O10P/c1-29-16-35-24-49-37-22-42(30(2)17-36(37)47(62)58(35)25-29)67-13-7-8-44(60)52-43-28-56(5)45(53-43)41(59)20-32-19-39(54(3)26-32)46(61)51-34-21-40(55(4)27-34)48(63)57-12-11-33-18-31(9-10-38(33)57)23-50-69(64,65)68-15-14-66-6/h9-12,17-19,21-22,24,26-28,35H,1,7-8,13-16,20,23,25H2,2-6H3,(H,51,61)(H,52,60)(H2,50,64,65)/t35-/m0/s1. The van der Waals surface area contributed by atoms with E-state index in [4.69, 9.17) is 14.0 Å². The first kappa shape index (κ1) is 48.2. The third-order valence-electron chi connectivity index (χ3n) is 11.8. The van der Waals surface area contributed by atoms with Crippen molar-refractivity contribution in [1.82, 2.24) is 33.2 Å². The Kier molecular flexibility index (Phi) is 14.1. The summed E-state index contributed by atoms with van der Waals surface area (Å²) in [7, 11) is 2.47. The van der Waals surface area contributed by atoms with Crippen LogP contribution in [0.3, 0.4) is 0 Å². The maximum atomic E-state index is 13.8. The number of nitrogens with zero attached hydrogens (tertiary/aromatic N) is 7. The van der Waals surface area contributed by atoms with E-state index in [1.807, 2.05) is 6.92 Å². The van der Waals surface area contributed by atoms with E-state index < -0.39 is 13.7 Å². The molecule has 4 N–H and O–H groups in total. The molecule has 0 spiro atoms. The number of ether oxygens (including phenoxy) is 2. The highest BCUT2D eigenvalue weighted by molar-refractivity contribution is 7.50. The van der Waals surface area contributed by atoms with Crippen LogP contribution < -0.4 is 20.5 Å². The van der Waals surface area contributed by atoms with Crippen molar-refractivity contribution in [3.8, 4) is 5.75 Å². The average molecular weight is 961 g/mol. The quantitative estimate of drug-likeness (QED) is 0.0323. The second-order valence-corrected chi connectivity index (χ2v) is 18.7. The number of amides is 3. The third-order valence-corrected chi connectivity index (χ3v) is 12.9. The Morgan fingerprint density at radius 2 is 1.72 bits per heavy atom. The molecule has 2 aromatic carbocycles. The molecule has 2 aliphatic heterocycles. The number of hydrogen-bond donors (Lipinski definition) is 4. The van der Waals surface area contributed by atoms with E-state index in [1.54, 1.807) is 115 Å². The number of nitrogens with one attached hydrogen (secondary N) is 3. The van der Waals surface area contributed by atoms with Gasteiger partial charge >= 0.3 is 7.75 Å². The molecule has 21 heteroatoms. The molecule has 0 bridgehead atoms. The van der Waals surface area contributed by atoms with Gasteiger partial charge in [-0.3, -0.25) is 38.1 Å². The largest absolute Gasteiger partial charge is 0.493 e. The highest BCUT2D eigenvalue weighted by Gasteiger charge is 2.34. The zero-order chi connectivity index (χ0) is 49.1. The van der Waals surface area contributed by atoms with Crippen molar-refractivity contribution in [2.75, 3.05) is 44.1 Å².